The van der Waals surface area contributed by atoms with Crippen molar-refractivity contribution in [2.45, 2.75) is 56.6 Å². The number of nitrogens with one attached hydrogen (secondary N) is 1. The molecule has 0 aromatic heterocycles. The van der Waals surface area contributed by atoms with Crippen LogP contribution in [0.2, 0.25) is 0 Å². The summed E-state index contributed by atoms with van der Waals surface area (Å²) < 4.78 is 37.4. The number of likely N-dealkylation sites (tertiary alicyclic amines) is 1. The molecule has 1 N–H and O–H groups in total. The van der Waals surface area contributed by atoms with Gasteiger partial charge in [-0.15, -0.1) is 0 Å². The molecule has 1 aliphatic heterocycles. The summed E-state index contributed by atoms with van der Waals surface area (Å²) in [4.78, 5) is 26.6. The number of sulfonamides is 1. The quantitative estimate of drug-likeness (QED) is 0.638. The smallest absolute Gasteiger partial charge is 0.338 e. The zero-order valence-corrected chi connectivity index (χ0v) is 18.0. The van der Waals surface area contributed by atoms with Gasteiger partial charge in [-0.25, -0.2) is 17.9 Å². The molecule has 1 fully saturated rings. The van der Waals surface area contributed by atoms with Crippen molar-refractivity contribution in [1.29, 1.82) is 0 Å². The van der Waals surface area contributed by atoms with Crippen LogP contribution in [0.15, 0.2) is 29.2 Å². The molecule has 2 rings (SSSR count). The molecule has 29 heavy (non-hydrogen) atoms. The molecular weight excluding hydrogens is 396 g/mol. The molecule has 162 valence electrons. The molecule has 1 saturated heterocycles. The Kier molecular flexibility index (Phi) is 8.60. The van der Waals surface area contributed by atoms with Gasteiger partial charge in [-0.2, -0.15) is 0 Å². The average molecular weight is 427 g/mol. The molecule has 1 aliphatic rings. The van der Waals surface area contributed by atoms with Crippen LogP contribution >= 0.6 is 0 Å². The summed E-state index contributed by atoms with van der Waals surface area (Å²) in [6, 6.07) is 5.03. The van der Waals surface area contributed by atoms with E-state index in [1.165, 1.54) is 31.4 Å². The minimum atomic E-state index is -3.72. The molecule has 0 saturated carbocycles. The van der Waals surface area contributed by atoms with Gasteiger partial charge in [0, 0.05) is 26.2 Å². The summed E-state index contributed by atoms with van der Waals surface area (Å²) in [7, 11) is -2.23. The maximum absolute atomic E-state index is 12.5. The number of hydrogen-bond donors (Lipinski definition) is 1. The van der Waals surface area contributed by atoms with Gasteiger partial charge in [0.2, 0.25) is 10.0 Å². The highest BCUT2D eigenvalue weighted by atomic mass is 32.2. The van der Waals surface area contributed by atoms with Gasteiger partial charge in [-0.3, -0.25) is 4.79 Å². The first kappa shape index (κ1) is 23.3. The number of methoxy groups -OCH3 is 1. The monoisotopic (exact) mass is 426 g/mol. The van der Waals surface area contributed by atoms with Gasteiger partial charge in [0.1, 0.15) is 0 Å². The number of nitrogens with zero attached hydrogens (tertiary/aromatic N) is 1. The van der Waals surface area contributed by atoms with Crippen LogP contribution in [0.4, 0.5) is 0 Å². The molecule has 8 nitrogen and oxygen atoms in total. The Morgan fingerprint density at radius 1 is 1.07 bits per heavy atom. The fourth-order valence-electron chi connectivity index (χ4n) is 3.21. The minimum Gasteiger partial charge on any atom is -0.449 e. The van der Waals surface area contributed by atoms with Crippen LogP contribution in [0, 0.1) is 0 Å². The van der Waals surface area contributed by atoms with E-state index in [9.17, 15) is 18.0 Å². The third-order valence-electron chi connectivity index (χ3n) is 4.72. The summed E-state index contributed by atoms with van der Waals surface area (Å²) in [6.45, 7) is 4.86. The number of benzene rings is 1. The molecule has 0 radical (unpaired) electrons. The van der Waals surface area contributed by atoms with Crippen LogP contribution in [0.5, 0.6) is 0 Å². The standard InChI is InChI=1S/C20H30N2O6S/c1-15(14-27-3)21-29(25,26)18-10-8-17(9-11-18)20(24)28-16(2)19(23)22-12-6-4-5-7-13-22/h8-11,15-16,21H,4-7,12-14H2,1-3H3/t15-,16-/m1/s1. The molecule has 1 aromatic rings. The SMILES string of the molecule is COC[C@@H](C)NS(=O)(=O)c1ccc(C(=O)O[C@H](C)C(=O)N2CCCCCC2)cc1. The van der Waals surface area contributed by atoms with Crippen LogP contribution in [0.3, 0.4) is 0 Å². The lowest BCUT2D eigenvalue weighted by Crippen LogP contribution is -2.40. The van der Waals surface area contributed by atoms with E-state index in [2.05, 4.69) is 4.72 Å². The van der Waals surface area contributed by atoms with E-state index in [1.54, 1.807) is 18.7 Å². The van der Waals surface area contributed by atoms with Gasteiger partial charge < -0.3 is 14.4 Å². The molecule has 1 heterocycles. The van der Waals surface area contributed by atoms with Crippen LogP contribution in [0.1, 0.15) is 49.9 Å². The maximum atomic E-state index is 12.5. The van der Waals surface area contributed by atoms with E-state index < -0.39 is 22.1 Å². The zero-order valence-electron chi connectivity index (χ0n) is 17.2. The molecular formula is C20H30N2O6S. The minimum absolute atomic E-state index is 0.0331. The topological polar surface area (TPSA) is 102 Å². The van der Waals surface area contributed by atoms with Crippen molar-refractivity contribution in [3.63, 3.8) is 0 Å². The zero-order chi connectivity index (χ0) is 21.4. The Labute approximate surface area is 172 Å². The lowest BCUT2D eigenvalue weighted by atomic mass is 10.2. The number of ether oxygens (including phenoxy) is 2. The molecule has 0 unspecified atom stereocenters. The second-order valence-corrected chi connectivity index (χ2v) is 9.00. The predicted octanol–water partition coefficient (Wildman–Crippen LogP) is 1.95. The second-order valence-electron chi connectivity index (χ2n) is 7.29. The van der Waals surface area contributed by atoms with E-state index in [0.29, 0.717) is 13.1 Å². The van der Waals surface area contributed by atoms with Crippen LogP contribution in [0.25, 0.3) is 0 Å². The highest BCUT2D eigenvalue weighted by molar-refractivity contribution is 7.89. The van der Waals surface area contributed by atoms with Crippen molar-refractivity contribution in [2.75, 3.05) is 26.8 Å². The summed E-state index contributed by atoms with van der Waals surface area (Å²) >= 11 is 0. The fraction of sp³-hybridized carbons (Fsp3) is 0.600. The Bertz CT molecular complexity index is 786. The van der Waals surface area contributed by atoms with Crippen molar-refractivity contribution in [3.05, 3.63) is 29.8 Å². The molecule has 1 amide bonds. The Morgan fingerprint density at radius 3 is 2.21 bits per heavy atom. The van der Waals surface area contributed by atoms with E-state index in [-0.39, 0.29) is 29.0 Å². The van der Waals surface area contributed by atoms with Crippen molar-refractivity contribution in [3.8, 4) is 0 Å². The second kappa shape index (κ2) is 10.7. The van der Waals surface area contributed by atoms with Crippen LogP contribution in [-0.2, 0) is 24.3 Å². The summed E-state index contributed by atoms with van der Waals surface area (Å²) in [6.07, 6.45) is 3.23. The first-order chi connectivity index (χ1) is 13.7. The van der Waals surface area contributed by atoms with Gasteiger partial charge in [0.25, 0.3) is 5.91 Å². The van der Waals surface area contributed by atoms with Gasteiger partial charge in [0.15, 0.2) is 6.10 Å². The number of hydrogen-bond acceptors (Lipinski definition) is 6. The molecule has 0 spiro atoms. The number of carbonyl (C=O) groups is 2. The summed E-state index contributed by atoms with van der Waals surface area (Å²) in [5, 5.41) is 0. The first-order valence-corrected chi connectivity index (χ1v) is 11.3. The third-order valence-corrected chi connectivity index (χ3v) is 6.33. The molecule has 9 heteroatoms. The molecule has 2 atom stereocenters. The van der Waals surface area contributed by atoms with Crippen molar-refractivity contribution in [2.24, 2.45) is 0 Å². The Morgan fingerprint density at radius 2 is 1.66 bits per heavy atom. The van der Waals surface area contributed by atoms with E-state index in [1.807, 2.05) is 0 Å². The molecule has 0 aliphatic carbocycles. The number of amides is 1. The molecule has 1 aromatic carbocycles. The average Bonchev–Trinajstić information content (AvgIpc) is 2.96. The summed E-state index contributed by atoms with van der Waals surface area (Å²) in [5.74, 6) is -0.860. The highest BCUT2D eigenvalue weighted by Crippen LogP contribution is 2.15. The first-order valence-electron chi connectivity index (χ1n) is 9.85. The van der Waals surface area contributed by atoms with E-state index >= 15 is 0 Å². The van der Waals surface area contributed by atoms with Gasteiger partial charge in [-0.05, 0) is 51.0 Å². The fourth-order valence-corrected chi connectivity index (χ4v) is 4.44. The highest BCUT2D eigenvalue weighted by Gasteiger charge is 2.25. The Hall–Kier alpha value is -1.97. The lowest BCUT2D eigenvalue weighted by Gasteiger charge is -2.24. The largest absolute Gasteiger partial charge is 0.449 e. The van der Waals surface area contributed by atoms with Crippen molar-refractivity contribution >= 4 is 21.9 Å². The van der Waals surface area contributed by atoms with Gasteiger partial charge >= 0.3 is 5.97 Å². The number of esters is 1. The van der Waals surface area contributed by atoms with Crippen LogP contribution in [-0.4, -0.2) is 64.1 Å². The van der Waals surface area contributed by atoms with Gasteiger partial charge in [-0.1, -0.05) is 12.8 Å². The van der Waals surface area contributed by atoms with Gasteiger partial charge in [0.05, 0.1) is 17.1 Å². The predicted molar refractivity (Wildman–Crippen MR) is 108 cm³/mol. The van der Waals surface area contributed by atoms with E-state index in [0.717, 1.165) is 25.7 Å². The lowest BCUT2D eigenvalue weighted by molar-refractivity contribution is -0.139. The van der Waals surface area contributed by atoms with Crippen molar-refractivity contribution < 1.29 is 27.5 Å². The number of rotatable bonds is 8. The third kappa shape index (κ3) is 6.80. The normalized spacial score (nSPS) is 17.3. The molecule has 0 bridgehead atoms. The Balaban J connectivity index is 1.98. The van der Waals surface area contributed by atoms with Crippen molar-refractivity contribution in [1.82, 2.24) is 9.62 Å². The van der Waals surface area contributed by atoms with E-state index in [4.69, 9.17) is 9.47 Å². The van der Waals surface area contributed by atoms with Crippen LogP contribution < -0.4 is 4.72 Å². The number of carbonyl (C=O) groups excluding carboxylic acids is 2. The summed E-state index contributed by atoms with van der Waals surface area (Å²) in [5.41, 5.74) is 0.185. The maximum Gasteiger partial charge on any atom is 0.338 e.